The zero-order valence-corrected chi connectivity index (χ0v) is 15.1. The van der Waals surface area contributed by atoms with Crippen molar-refractivity contribution in [1.82, 2.24) is 15.8 Å². The van der Waals surface area contributed by atoms with Gasteiger partial charge in [-0.1, -0.05) is 12.1 Å². The Morgan fingerprint density at radius 3 is 2.96 bits per heavy atom. The first-order chi connectivity index (χ1) is 11.6. The Bertz CT molecular complexity index is 758. The van der Waals surface area contributed by atoms with Gasteiger partial charge in [0.05, 0.1) is 23.7 Å². The van der Waals surface area contributed by atoms with Gasteiger partial charge in [0, 0.05) is 29.5 Å². The maximum Gasteiger partial charge on any atom is 0.129 e. The van der Waals surface area contributed by atoms with E-state index in [0.717, 1.165) is 40.6 Å². The van der Waals surface area contributed by atoms with Crippen LogP contribution in [0.1, 0.15) is 12.8 Å². The summed E-state index contributed by atoms with van der Waals surface area (Å²) in [6, 6.07) is 12.6. The van der Waals surface area contributed by atoms with E-state index in [1.807, 2.05) is 25.2 Å². The predicted molar refractivity (Wildman–Crippen MR) is 99.1 cm³/mol. The summed E-state index contributed by atoms with van der Waals surface area (Å²) in [5.41, 5.74) is 12.9. The van der Waals surface area contributed by atoms with Crippen LogP contribution in [0, 0.1) is 17.2 Å². The SMILES string of the molecule is CN(CCCC1NNC(N)C1C#N)c1ccc2cccc(Br)c2n1. The molecule has 1 aliphatic rings. The number of aromatic nitrogens is 1. The second-order valence-corrected chi connectivity index (χ2v) is 6.97. The lowest BCUT2D eigenvalue weighted by atomic mass is 9.97. The number of anilines is 1. The van der Waals surface area contributed by atoms with Crippen LogP contribution in [0.3, 0.4) is 0 Å². The molecule has 4 N–H and O–H groups in total. The third-order valence-electron chi connectivity index (χ3n) is 4.46. The Balaban J connectivity index is 1.60. The van der Waals surface area contributed by atoms with Gasteiger partial charge in [0.1, 0.15) is 5.82 Å². The standard InChI is InChI=1S/C17H21BrN6/c1-24(9-3-6-14-12(10-19)17(20)23-22-14)15-8-7-11-4-2-5-13(18)16(11)21-15/h2,4-5,7-8,12,14,17,22-23H,3,6,9,20H2,1H3. The van der Waals surface area contributed by atoms with Gasteiger partial charge in [0.15, 0.2) is 0 Å². The highest BCUT2D eigenvalue weighted by Crippen LogP contribution is 2.24. The quantitative estimate of drug-likeness (QED) is 0.726. The molecule has 1 aromatic carbocycles. The average Bonchev–Trinajstić information content (AvgIpc) is 2.94. The average molecular weight is 389 g/mol. The van der Waals surface area contributed by atoms with Crippen molar-refractivity contribution in [2.45, 2.75) is 25.0 Å². The summed E-state index contributed by atoms with van der Waals surface area (Å²) >= 11 is 3.56. The minimum Gasteiger partial charge on any atom is -0.360 e. The molecular formula is C17H21BrN6. The largest absolute Gasteiger partial charge is 0.360 e. The van der Waals surface area contributed by atoms with Crippen molar-refractivity contribution in [2.75, 3.05) is 18.5 Å². The molecule has 3 unspecified atom stereocenters. The second kappa shape index (κ2) is 7.45. The van der Waals surface area contributed by atoms with E-state index in [0.29, 0.717) is 0 Å². The van der Waals surface area contributed by atoms with Crippen LogP contribution in [-0.2, 0) is 0 Å². The smallest absolute Gasteiger partial charge is 0.129 e. The molecule has 1 aliphatic heterocycles. The molecule has 1 fully saturated rings. The molecule has 3 atom stereocenters. The van der Waals surface area contributed by atoms with Crippen LogP contribution in [0.4, 0.5) is 5.82 Å². The van der Waals surface area contributed by atoms with Gasteiger partial charge in [-0.25, -0.2) is 10.4 Å². The fourth-order valence-corrected chi connectivity index (χ4v) is 3.50. The van der Waals surface area contributed by atoms with E-state index in [1.54, 1.807) is 0 Å². The van der Waals surface area contributed by atoms with Crippen molar-refractivity contribution in [3.05, 3.63) is 34.8 Å². The lowest BCUT2D eigenvalue weighted by Gasteiger charge is -2.20. The van der Waals surface area contributed by atoms with Crippen molar-refractivity contribution < 1.29 is 0 Å². The topological polar surface area (TPSA) is 90.0 Å². The third-order valence-corrected chi connectivity index (χ3v) is 5.10. The molecule has 0 amide bonds. The highest BCUT2D eigenvalue weighted by atomic mass is 79.9. The molecule has 0 bridgehead atoms. The number of halogens is 1. The van der Waals surface area contributed by atoms with Crippen LogP contribution >= 0.6 is 15.9 Å². The number of pyridine rings is 1. The maximum atomic E-state index is 9.19. The van der Waals surface area contributed by atoms with E-state index in [1.165, 1.54) is 0 Å². The number of hydrogen-bond acceptors (Lipinski definition) is 6. The Morgan fingerprint density at radius 2 is 2.17 bits per heavy atom. The van der Waals surface area contributed by atoms with E-state index in [2.05, 4.69) is 49.9 Å². The molecule has 0 radical (unpaired) electrons. The molecule has 7 heteroatoms. The Labute approximate surface area is 150 Å². The van der Waals surface area contributed by atoms with Crippen molar-refractivity contribution in [3.8, 4) is 6.07 Å². The molecular weight excluding hydrogens is 368 g/mol. The highest BCUT2D eigenvalue weighted by Gasteiger charge is 2.32. The third kappa shape index (κ3) is 3.52. The predicted octanol–water partition coefficient (Wildman–Crippen LogP) is 2.11. The van der Waals surface area contributed by atoms with Crippen LogP contribution in [0.2, 0.25) is 0 Å². The van der Waals surface area contributed by atoms with E-state index in [-0.39, 0.29) is 18.1 Å². The summed E-state index contributed by atoms with van der Waals surface area (Å²) < 4.78 is 1.00. The second-order valence-electron chi connectivity index (χ2n) is 6.12. The van der Waals surface area contributed by atoms with Crippen molar-refractivity contribution in [2.24, 2.45) is 11.7 Å². The van der Waals surface area contributed by atoms with Gasteiger partial charge >= 0.3 is 0 Å². The summed E-state index contributed by atoms with van der Waals surface area (Å²) in [6.45, 7) is 0.870. The van der Waals surface area contributed by atoms with Crippen LogP contribution in [0.25, 0.3) is 10.9 Å². The number of fused-ring (bicyclic) bond motifs is 1. The van der Waals surface area contributed by atoms with Gasteiger partial charge in [0.25, 0.3) is 0 Å². The first-order valence-electron chi connectivity index (χ1n) is 8.03. The van der Waals surface area contributed by atoms with Crippen molar-refractivity contribution >= 4 is 32.7 Å². The number of hydrazine groups is 1. The van der Waals surface area contributed by atoms with E-state index < -0.39 is 0 Å². The molecule has 2 heterocycles. The van der Waals surface area contributed by atoms with Gasteiger partial charge in [-0.15, -0.1) is 0 Å². The number of nitriles is 1. The number of nitrogens with zero attached hydrogens (tertiary/aromatic N) is 3. The minimum absolute atomic E-state index is 0.0945. The van der Waals surface area contributed by atoms with Crippen LogP contribution in [0.15, 0.2) is 34.8 Å². The molecule has 0 saturated carbocycles. The molecule has 24 heavy (non-hydrogen) atoms. The number of nitrogens with two attached hydrogens (primary N) is 1. The molecule has 3 rings (SSSR count). The molecule has 6 nitrogen and oxygen atoms in total. The van der Waals surface area contributed by atoms with Gasteiger partial charge in [-0.05, 0) is 47.0 Å². The summed E-state index contributed by atoms with van der Waals surface area (Å²) in [7, 11) is 2.04. The van der Waals surface area contributed by atoms with Gasteiger partial charge in [0.2, 0.25) is 0 Å². The summed E-state index contributed by atoms with van der Waals surface area (Å²) in [6.07, 6.45) is 1.55. The zero-order valence-electron chi connectivity index (χ0n) is 13.5. The summed E-state index contributed by atoms with van der Waals surface area (Å²) in [4.78, 5) is 6.89. The molecule has 1 saturated heterocycles. The molecule has 2 aromatic rings. The first-order valence-corrected chi connectivity index (χ1v) is 8.82. The lowest BCUT2D eigenvalue weighted by molar-refractivity contribution is 0.463. The van der Waals surface area contributed by atoms with Crippen LogP contribution in [0.5, 0.6) is 0 Å². The van der Waals surface area contributed by atoms with Crippen molar-refractivity contribution in [3.63, 3.8) is 0 Å². The fraction of sp³-hybridized carbons (Fsp3) is 0.412. The van der Waals surface area contributed by atoms with Gasteiger partial charge in [-0.2, -0.15) is 5.26 Å². The Kier molecular flexibility index (Phi) is 5.31. The van der Waals surface area contributed by atoms with Crippen LogP contribution < -0.4 is 21.5 Å². The van der Waals surface area contributed by atoms with Gasteiger partial charge < -0.3 is 10.6 Å². The maximum absolute atomic E-state index is 9.19. The summed E-state index contributed by atoms with van der Waals surface area (Å²) in [5, 5.41) is 10.3. The molecule has 126 valence electrons. The number of hydrogen-bond donors (Lipinski definition) is 3. The number of nitrogens with one attached hydrogen (secondary N) is 2. The fourth-order valence-electron chi connectivity index (χ4n) is 3.03. The monoisotopic (exact) mass is 388 g/mol. The van der Waals surface area contributed by atoms with E-state index in [4.69, 9.17) is 10.7 Å². The van der Waals surface area contributed by atoms with Gasteiger partial charge in [-0.3, -0.25) is 5.43 Å². The zero-order chi connectivity index (χ0) is 17.1. The number of rotatable bonds is 5. The van der Waals surface area contributed by atoms with Crippen LogP contribution in [-0.4, -0.2) is 30.8 Å². The van der Waals surface area contributed by atoms with E-state index >= 15 is 0 Å². The highest BCUT2D eigenvalue weighted by molar-refractivity contribution is 9.10. The Morgan fingerprint density at radius 1 is 1.33 bits per heavy atom. The Hall–Kier alpha value is -1.72. The normalized spacial score (nSPS) is 23.3. The first kappa shape index (κ1) is 17.1. The molecule has 0 spiro atoms. The number of para-hydroxylation sites is 1. The van der Waals surface area contributed by atoms with E-state index in [9.17, 15) is 5.26 Å². The number of benzene rings is 1. The lowest BCUT2D eigenvalue weighted by Crippen LogP contribution is -2.38. The van der Waals surface area contributed by atoms with Crippen molar-refractivity contribution in [1.29, 1.82) is 5.26 Å². The summed E-state index contributed by atoms with van der Waals surface area (Å²) in [5.74, 6) is 0.755. The minimum atomic E-state index is -0.294. The molecule has 1 aromatic heterocycles. The molecule has 0 aliphatic carbocycles.